The van der Waals surface area contributed by atoms with Crippen LogP contribution in [-0.4, -0.2) is 40.9 Å². The number of guanidine groups is 1. The lowest BCUT2D eigenvalue weighted by Gasteiger charge is -2.12. The molecule has 0 bridgehead atoms. The molecule has 2 aromatic rings. The molecule has 1 aromatic carbocycles. The summed E-state index contributed by atoms with van der Waals surface area (Å²) in [6.07, 6.45) is 1.53. The van der Waals surface area contributed by atoms with Crippen molar-refractivity contribution in [1.29, 1.82) is 0 Å². The van der Waals surface area contributed by atoms with Crippen molar-refractivity contribution < 1.29 is 4.74 Å². The van der Waals surface area contributed by atoms with Gasteiger partial charge in [-0.3, -0.25) is 9.67 Å². The zero-order chi connectivity index (χ0) is 15.8. The van der Waals surface area contributed by atoms with Gasteiger partial charge in [-0.2, -0.15) is 5.10 Å². The molecule has 0 aliphatic heterocycles. The number of rotatable bonds is 6. The van der Waals surface area contributed by atoms with Gasteiger partial charge in [0.1, 0.15) is 24.5 Å². The molecule has 1 heterocycles. The molecule has 2 N–H and O–H groups in total. The fourth-order valence-electron chi connectivity index (χ4n) is 1.91. The summed E-state index contributed by atoms with van der Waals surface area (Å²) in [6, 6.07) is 8.00. The Kier molecular flexibility index (Phi) is 5.76. The molecule has 0 aliphatic carbocycles. The molecule has 0 saturated heterocycles. The molecule has 2 rings (SSSR count). The lowest BCUT2D eigenvalue weighted by Crippen LogP contribution is -2.39. The molecule has 0 fully saturated rings. The minimum absolute atomic E-state index is 0.564. The Morgan fingerprint density at radius 1 is 1.36 bits per heavy atom. The van der Waals surface area contributed by atoms with Crippen LogP contribution >= 0.6 is 0 Å². The second-order valence-corrected chi connectivity index (χ2v) is 4.82. The molecule has 0 atom stereocenters. The molecular formula is C15H22N6O. The van der Waals surface area contributed by atoms with Crippen molar-refractivity contribution in [2.45, 2.75) is 13.5 Å². The Balaban J connectivity index is 1.69. The van der Waals surface area contributed by atoms with E-state index in [2.05, 4.69) is 25.7 Å². The molecule has 0 aliphatic rings. The highest BCUT2D eigenvalue weighted by Crippen LogP contribution is 2.11. The van der Waals surface area contributed by atoms with Gasteiger partial charge in [-0.25, -0.2) is 4.98 Å². The van der Waals surface area contributed by atoms with E-state index in [9.17, 15) is 0 Å². The highest BCUT2D eigenvalue weighted by molar-refractivity contribution is 5.79. The van der Waals surface area contributed by atoms with Crippen molar-refractivity contribution >= 4 is 5.96 Å². The van der Waals surface area contributed by atoms with Crippen LogP contribution in [0.3, 0.4) is 0 Å². The third-order valence-electron chi connectivity index (χ3n) is 3.10. The highest BCUT2D eigenvalue weighted by atomic mass is 16.5. The topological polar surface area (TPSA) is 76.4 Å². The van der Waals surface area contributed by atoms with Gasteiger partial charge in [0.15, 0.2) is 5.96 Å². The van der Waals surface area contributed by atoms with Gasteiger partial charge in [0.25, 0.3) is 0 Å². The van der Waals surface area contributed by atoms with Crippen LogP contribution in [0, 0.1) is 6.92 Å². The van der Waals surface area contributed by atoms with Crippen LogP contribution < -0.4 is 15.4 Å². The average molecular weight is 302 g/mol. The van der Waals surface area contributed by atoms with Crippen LogP contribution in [0.25, 0.3) is 0 Å². The monoisotopic (exact) mass is 302 g/mol. The summed E-state index contributed by atoms with van der Waals surface area (Å²) in [5, 5.41) is 10.4. The molecule has 7 nitrogen and oxygen atoms in total. The summed E-state index contributed by atoms with van der Waals surface area (Å²) in [5.41, 5.74) is 1.19. The summed E-state index contributed by atoms with van der Waals surface area (Å²) in [7, 11) is 3.59. The Labute approximate surface area is 130 Å². The predicted octanol–water partition coefficient (Wildman–Crippen LogP) is 0.868. The fourth-order valence-corrected chi connectivity index (χ4v) is 1.91. The fraction of sp³-hybridized carbons (Fsp3) is 0.400. The third kappa shape index (κ3) is 4.76. The summed E-state index contributed by atoms with van der Waals surface area (Å²) in [4.78, 5) is 8.31. The third-order valence-corrected chi connectivity index (χ3v) is 3.10. The SMILES string of the molecule is CN=C(NCCOc1cccc(C)c1)NCc1ncnn1C. The maximum absolute atomic E-state index is 5.68. The van der Waals surface area contributed by atoms with Crippen molar-refractivity contribution in [2.75, 3.05) is 20.2 Å². The smallest absolute Gasteiger partial charge is 0.191 e. The van der Waals surface area contributed by atoms with E-state index in [0.29, 0.717) is 25.7 Å². The zero-order valence-corrected chi connectivity index (χ0v) is 13.2. The predicted molar refractivity (Wildman–Crippen MR) is 85.9 cm³/mol. The summed E-state index contributed by atoms with van der Waals surface area (Å²) in [5.74, 6) is 2.43. The van der Waals surface area contributed by atoms with Crippen molar-refractivity contribution in [3.05, 3.63) is 42.0 Å². The number of aromatic nitrogens is 3. The number of hydrogen-bond donors (Lipinski definition) is 2. The Morgan fingerprint density at radius 2 is 2.23 bits per heavy atom. The number of aryl methyl sites for hydroxylation is 2. The normalized spacial score (nSPS) is 11.3. The van der Waals surface area contributed by atoms with Crippen LogP contribution in [0.4, 0.5) is 0 Å². The minimum atomic E-state index is 0.564. The molecular weight excluding hydrogens is 280 g/mol. The van der Waals surface area contributed by atoms with E-state index < -0.39 is 0 Å². The van der Waals surface area contributed by atoms with Gasteiger partial charge in [-0.1, -0.05) is 12.1 Å². The molecule has 0 spiro atoms. The van der Waals surface area contributed by atoms with E-state index in [1.165, 1.54) is 11.9 Å². The largest absolute Gasteiger partial charge is 0.492 e. The zero-order valence-electron chi connectivity index (χ0n) is 13.2. The number of benzene rings is 1. The van der Waals surface area contributed by atoms with E-state index in [1.54, 1.807) is 11.7 Å². The summed E-state index contributed by atoms with van der Waals surface area (Å²) in [6.45, 7) is 3.83. The van der Waals surface area contributed by atoms with E-state index in [-0.39, 0.29) is 0 Å². The van der Waals surface area contributed by atoms with Crippen molar-refractivity contribution in [1.82, 2.24) is 25.4 Å². The molecule has 0 unspecified atom stereocenters. The van der Waals surface area contributed by atoms with Gasteiger partial charge in [-0.15, -0.1) is 0 Å². The van der Waals surface area contributed by atoms with E-state index in [4.69, 9.17) is 4.74 Å². The molecule has 0 radical (unpaired) electrons. The van der Waals surface area contributed by atoms with Gasteiger partial charge in [0.05, 0.1) is 13.1 Å². The Hall–Kier alpha value is -2.57. The Morgan fingerprint density at radius 3 is 2.91 bits per heavy atom. The molecule has 22 heavy (non-hydrogen) atoms. The molecule has 0 amide bonds. The van der Waals surface area contributed by atoms with Crippen LogP contribution in [0.1, 0.15) is 11.4 Å². The van der Waals surface area contributed by atoms with Gasteiger partial charge in [0, 0.05) is 14.1 Å². The quantitative estimate of drug-likeness (QED) is 0.470. The van der Waals surface area contributed by atoms with E-state index in [1.807, 2.05) is 38.2 Å². The highest BCUT2D eigenvalue weighted by Gasteiger charge is 2.02. The lowest BCUT2D eigenvalue weighted by molar-refractivity contribution is 0.321. The number of ether oxygens (including phenoxy) is 1. The minimum Gasteiger partial charge on any atom is -0.492 e. The second kappa shape index (κ2) is 8.02. The van der Waals surface area contributed by atoms with Crippen LogP contribution in [-0.2, 0) is 13.6 Å². The first-order chi connectivity index (χ1) is 10.7. The van der Waals surface area contributed by atoms with Gasteiger partial charge < -0.3 is 15.4 Å². The number of aliphatic imine (C=N–C) groups is 1. The summed E-state index contributed by atoms with van der Waals surface area (Å²) >= 11 is 0. The van der Waals surface area contributed by atoms with Gasteiger partial charge in [-0.05, 0) is 24.6 Å². The number of hydrogen-bond acceptors (Lipinski definition) is 4. The maximum atomic E-state index is 5.68. The summed E-state index contributed by atoms with van der Waals surface area (Å²) < 4.78 is 7.40. The molecule has 0 saturated carbocycles. The standard InChI is InChI=1S/C15H22N6O/c1-12-5-4-6-13(9-12)22-8-7-17-15(16-2)18-10-14-19-11-20-21(14)3/h4-6,9,11H,7-8,10H2,1-3H3,(H2,16,17,18). The van der Waals surface area contributed by atoms with Crippen LogP contribution in [0.15, 0.2) is 35.6 Å². The first-order valence-corrected chi connectivity index (χ1v) is 7.16. The van der Waals surface area contributed by atoms with Crippen molar-refractivity contribution in [3.63, 3.8) is 0 Å². The van der Waals surface area contributed by atoms with Crippen LogP contribution in [0.5, 0.6) is 5.75 Å². The molecule has 7 heteroatoms. The van der Waals surface area contributed by atoms with Gasteiger partial charge >= 0.3 is 0 Å². The second-order valence-electron chi connectivity index (χ2n) is 4.82. The van der Waals surface area contributed by atoms with E-state index >= 15 is 0 Å². The lowest BCUT2D eigenvalue weighted by atomic mass is 10.2. The maximum Gasteiger partial charge on any atom is 0.191 e. The number of nitrogens with one attached hydrogen (secondary N) is 2. The Bertz CT molecular complexity index is 622. The van der Waals surface area contributed by atoms with E-state index in [0.717, 1.165) is 11.6 Å². The van der Waals surface area contributed by atoms with Crippen molar-refractivity contribution in [3.8, 4) is 5.75 Å². The first-order valence-electron chi connectivity index (χ1n) is 7.16. The average Bonchev–Trinajstić information content (AvgIpc) is 2.92. The van der Waals surface area contributed by atoms with Gasteiger partial charge in [0.2, 0.25) is 0 Å². The van der Waals surface area contributed by atoms with Crippen LogP contribution in [0.2, 0.25) is 0 Å². The molecule has 118 valence electrons. The molecule has 1 aromatic heterocycles. The number of nitrogens with zero attached hydrogens (tertiary/aromatic N) is 4. The van der Waals surface area contributed by atoms with Crippen molar-refractivity contribution in [2.24, 2.45) is 12.0 Å². The first kappa shape index (κ1) is 15.8.